The van der Waals surface area contributed by atoms with Crippen molar-refractivity contribution in [3.05, 3.63) is 29.3 Å². The maximum absolute atomic E-state index is 8.81. The first-order chi connectivity index (χ1) is 10.0. The fourth-order valence-electron chi connectivity index (χ4n) is 2.75. The van der Waals surface area contributed by atoms with Crippen molar-refractivity contribution in [3.8, 4) is 5.75 Å². The summed E-state index contributed by atoms with van der Waals surface area (Å²) in [7, 11) is 3.81. The third-order valence-electron chi connectivity index (χ3n) is 4.03. The zero-order valence-electron chi connectivity index (χ0n) is 12.9. The molecular formula is C15H24N4O2. The number of methoxy groups -OCH3 is 1. The van der Waals surface area contributed by atoms with Crippen LogP contribution in [0.2, 0.25) is 0 Å². The third kappa shape index (κ3) is 3.65. The van der Waals surface area contributed by atoms with Gasteiger partial charge in [0.05, 0.1) is 7.11 Å². The van der Waals surface area contributed by atoms with Crippen LogP contribution in [0, 0.1) is 0 Å². The molecule has 1 fully saturated rings. The fourth-order valence-corrected chi connectivity index (χ4v) is 2.75. The molecule has 2 rings (SSSR count). The summed E-state index contributed by atoms with van der Waals surface area (Å²) in [5, 5.41) is 11.9. The molecule has 1 aromatic rings. The Bertz CT molecular complexity index is 518. The summed E-state index contributed by atoms with van der Waals surface area (Å²) in [6.07, 6.45) is 0. The quantitative estimate of drug-likeness (QED) is 0.374. The van der Waals surface area contributed by atoms with Crippen molar-refractivity contribution < 1.29 is 9.94 Å². The summed E-state index contributed by atoms with van der Waals surface area (Å²) < 4.78 is 5.43. The lowest BCUT2D eigenvalue weighted by Crippen LogP contribution is -2.49. The fraction of sp³-hybridized carbons (Fsp3) is 0.533. The first-order valence-corrected chi connectivity index (χ1v) is 7.12. The molecule has 1 aliphatic heterocycles. The van der Waals surface area contributed by atoms with Crippen LogP contribution in [-0.2, 0) is 6.54 Å². The minimum atomic E-state index is 0.116. The maximum atomic E-state index is 8.81. The van der Waals surface area contributed by atoms with Crippen LogP contribution in [0.4, 0.5) is 0 Å². The standard InChI is InChI=1S/C15H24N4O2/c1-11-9-18(2)6-7-19(11)10-13-8-12(15(16)17-20)4-5-14(13)21-3/h4-5,8,11,20H,6-7,9-10H2,1-3H3,(H2,16,17). The van der Waals surface area contributed by atoms with E-state index in [1.165, 1.54) is 0 Å². The van der Waals surface area contributed by atoms with E-state index >= 15 is 0 Å². The first kappa shape index (κ1) is 15.6. The monoisotopic (exact) mass is 292 g/mol. The van der Waals surface area contributed by atoms with Crippen LogP contribution >= 0.6 is 0 Å². The van der Waals surface area contributed by atoms with E-state index in [2.05, 4.69) is 28.9 Å². The van der Waals surface area contributed by atoms with Gasteiger partial charge in [0, 0.05) is 43.3 Å². The van der Waals surface area contributed by atoms with Gasteiger partial charge in [-0.05, 0) is 32.2 Å². The van der Waals surface area contributed by atoms with Crippen LogP contribution in [0.25, 0.3) is 0 Å². The number of likely N-dealkylation sites (N-methyl/N-ethyl adjacent to an activating group) is 1. The van der Waals surface area contributed by atoms with E-state index in [-0.39, 0.29) is 5.84 Å². The summed E-state index contributed by atoms with van der Waals surface area (Å²) in [4.78, 5) is 4.76. The summed E-state index contributed by atoms with van der Waals surface area (Å²) >= 11 is 0. The summed E-state index contributed by atoms with van der Waals surface area (Å²) in [5.74, 6) is 0.945. The number of nitrogens with two attached hydrogens (primary N) is 1. The second-order valence-corrected chi connectivity index (χ2v) is 5.59. The minimum Gasteiger partial charge on any atom is -0.496 e. The van der Waals surface area contributed by atoms with E-state index < -0.39 is 0 Å². The predicted octanol–water partition coefficient (Wildman–Crippen LogP) is 0.926. The molecule has 1 unspecified atom stereocenters. The van der Waals surface area contributed by atoms with Crippen molar-refractivity contribution in [1.82, 2.24) is 9.80 Å². The highest BCUT2D eigenvalue weighted by Gasteiger charge is 2.22. The lowest BCUT2D eigenvalue weighted by molar-refractivity contribution is 0.0931. The number of nitrogens with zero attached hydrogens (tertiary/aromatic N) is 3. The van der Waals surface area contributed by atoms with Crippen molar-refractivity contribution in [3.63, 3.8) is 0 Å². The van der Waals surface area contributed by atoms with Gasteiger partial charge in [0.1, 0.15) is 5.75 Å². The molecule has 0 bridgehead atoms. The predicted molar refractivity (Wildman–Crippen MR) is 82.9 cm³/mol. The maximum Gasteiger partial charge on any atom is 0.170 e. The molecule has 3 N–H and O–H groups in total. The van der Waals surface area contributed by atoms with Gasteiger partial charge >= 0.3 is 0 Å². The van der Waals surface area contributed by atoms with E-state index in [1.54, 1.807) is 13.2 Å². The van der Waals surface area contributed by atoms with E-state index in [0.29, 0.717) is 11.6 Å². The van der Waals surface area contributed by atoms with Crippen LogP contribution in [-0.4, -0.2) is 60.7 Å². The van der Waals surface area contributed by atoms with Gasteiger partial charge in [-0.1, -0.05) is 5.16 Å². The molecule has 0 amide bonds. The minimum absolute atomic E-state index is 0.116. The number of benzene rings is 1. The zero-order chi connectivity index (χ0) is 15.4. The lowest BCUT2D eigenvalue weighted by atomic mass is 10.1. The van der Waals surface area contributed by atoms with Crippen molar-refractivity contribution in [2.75, 3.05) is 33.8 Å². The molecular weight excluding hydrogens is 268 g/mol. The van der Waals surface area contributed by atoms with Gasteiger partial charge in [-0.3, -0.25) is 4.90 Å². The molecule has 6 heteroatoms. The number of piperazine rings is 1. The molecule has 0 saturated carbocycles. The summed E-state index contributed by atoms with van der Waals surface area (Å²) in [5.41, 5.74) is 7.43. The Morgan fingerprint density at radius 1 is 1.48 bits per heavy atom. The zero-order valence-corrected chi connectivity index (χ0v) is 12.9. The number of amidine groups is 1. The highest BCUT2D eigenvalue weighted by molar-refractivity contribution is 5.97. The second-order valence-electron chi connectivity index (χ2n) is 5.59. The molecule has 0 aliphatic carbocycles. The Balaban J connectivity index is 2.21. The molecule has 1 heterocycles. The Morgan fingerprint density at radius 3 is 2.86 bits per heavy atom. The largest absolute Gasteiger partial charge is 0.496 e. The summed E-state index contributed by atoms with van der Waals surface area (Å²) in [6.45, 7) is 6.17. The molecule has 21 heavy (non-hydrogen) atoms. The van der Waals surface area contributed by atoms with Gasteiger partial charge in [-0.25, -0.2) is 0 Å². The summed E-state index contributed by atoms with van der Waals surface area (Å²) in [6, 6.07) is 6.08. The van der Waals surface area contributed by atoms with Gasteiger partial charge in [-0.15, -0.1) is 0 Å². The van der Waals surface area contributed by atoms with Crippen LogP contribution in [0.1, 0.15) is 18.1 Å². The molecule has 1 aromatic carbocycles. The van der Waals surface area contributed by atoms with E-state index in [9.17, 15) is 0 Å². The Hall–Kier alpha value is -1.79. The normalized spacial score (nSPS) is 21.5. The van der Waals surface area contributed by atoms with Gasteiger partial charge in [-0.2, -0.15) is 0 Å². The molecule has 0 spiro atoms. The first-order valence-electron chi connectivity index (χ1n) is 7.12. The van der Waals surface area contributed by atoms with Crippen LogP contribution < -0.4 is 10.5 Å². The Kier molecular flexibility index (Phi) is 5.03. The number of ether oxygens (including phenoxy) is 1. The number of hydrogen-bond donors (Lipinski definition) is 2. The molecule has 1 aliphatic rings. The number of hydrogen-bond acceptors (Lipinski definition) is 5. The van der Waals surface area contributed by atoms with Crippen molar-refractivity contribution in [1.29, 1.82) is 0 Å². The van der Waals surface area contributed by atoms with Crippen molar-refractivity contribution >= 4 is 5.84 Å². The molecule has 6 nitrogen and oxygen atoms in total. The number of oxime groups is 1. The highest BCUT2D eigenvalue weighted by Crippen LogP contribution is 2.23. The van der Waals surface area contributed by atoms with Gasteiger partial charge in [0.15, 0.2) is 5.84 Å². The number of rotatable bonds is 4. The van der Waals surface area contributed by atoms with Crippen LogP contribution in [0.3, 0.4) is 0 Å². The lowest BCUT2D eigenvalue weighted by Gasteiger charge is -2.38. The molecule has 116 valence electrons. The van der Waals surface area contributed by atoms with E-state index in [4.69, 9.17) is 15.7 Å². The topological polar surface area (TPSA) is 74.3 Å². The van der Waals surface area contributed by atoms with Crippen molar-refractivity contribution in [2.24, 2.45) is 10.9 Å². The van der Waals surface area contributed by atoms with Gasteiger partial charge < -0.3 is 20.6 Å². The van der Waals surface area contributed by atoms with Crippen LogP contribution in [0.5, 0.6) is 5.75 Å². The third-order valence-corrected chi connectivity index (χ3v) is 4.03. The Labute approximate surface area is 125 Å². The van der Waals surface area contributed by atoms with Gasteiger partial charge in [0.2, 0.25) is 0 Å². The van der Waals surface area contributed by atoms with Crippen molar-refractivity contribution in [2.45, 2.75) is 19.5 Å². The Morgan fingerprint density at radius 2 is 2.24 bits per heavy atom. The average molecular weight is 292 g/mol. The second kappa shape index (κ2) is 6.78. The van der Waals surface area contributed by atoms with E-state index in [0.717, 1.165) is 37.5 Å². The molecule has 0 aromatic heterocycles. The molecule has 1 atom stereocenters. The van der Waals surface area contributed by atoms with Crippen LogP contribution in [0.15, 0.2) is 23.4 Å². The van der Waals surface area contributed by atoms with E-state index in [1.807, 2.05) is 12.1 Å². The molecule has 1 saturated heterocycles. The SMILES string of the molecule is COc1ccc(/C(N)=N/O)cc1CN1CCN(C)CC1C. The average Bonchev–Trinajstić information content (AvgIpc) is 2.49. The molecule has 0 radical (unpaired) electrons. The van der Waals surface area contributed by atoms with Gasteiger partial charge in [0.25, 0.3) is 0 Å². The smallest absolute Gasteiger partial charge is 0.170 e. The highest BCUT2D eigenvalue weighted by atomic mass is 16.5.